The summed E-state index contributed by atoms with van der Waals surface area (Å²) >= 11 is 1.59. The van der Waals surface area contributed by atoms with Gasteiger partial charge in [-0.25, -0.2) is 4.98 Å². The molecule has 0 radical (unpaired) electrons. The molecule has 2 atom stereocenters. The Hall–Kier alpha value is -1.08. The predicted octanol–water partition coefficient (Wildman–Crippen LogP) is 1.52. The largest absolute Gasteiger partial charge is 0.480 e. The van der Waals surface area contributed by atoms with Crippen molar-refractivity contribution in [2.75, 3.05) is 12.3 Å². The van der Waals surface area contributed by atoms with E-state index >= 15 is 0 Å². The van der Waals surface area contributed by atoms with Crippen LogP contribution in [0.3, 0.4) is 0 Å². The SMILES string of the molecule is CCNC1(C(=O)O)CCCC1CCSc1ncn[nH]1. The molecule has 1 aromatic rings. The van der Waals surface area contributed by atoms with Crippen LogP contribution in [-0.4, -0.2) is 44.1 Å². The first-order chi connectivity index (χ1) is 9.19. The molecule has 0 saturated heterocycles. The van der Waals surface area contributed by atoms with Crippen molar-refractivity contribution in [2.24, 2.45) is 5.92 Å². The number of carboxylic acid groups (broad SMARTS) is 1. The number of carbonyl (C=O) groups is 1. The Morgan fingerprint density at radius 1 is 1.74 bits per heavy atom. The highest BCUT2D eigenvalue weighted by atomic mass is 32.2. The summed E-state index contributed by atoms with van der Waals surface area (Å²) in [5.41, 5.74) is -0.725. The summed E-state index contributed by atoms with van der Waals surface area (Å²) in [6.45, 7) is 2.65. The molecule has 3 N–H and O–H groups in total. The highest BCUT2D eigenvalue weighted by molar-refractivity contribution is 7.99. The van der Waals surface area contributed by atoms with Gasteiger partial charge in [-0.05, 0) is 31.7 Å². The van der Waals surface area contributed by atoms with Crippen molar-refractivity contribution in [1.82, 2.24) is 20.5 Å². The highest BCUT2D eigenvalue weighted by Gasteiger charge is 2.48. The smallest absolute Gasteiger partial charge is 0.324 e. The molecule has 1 aliphatic rings. The molecule has 19 heavy (non-hydrogen) atoms. The van der Waals surface area contributed by atoms with E-state index in [0.29, 0.717) is 6.54 Å². The number of rotatable bonds is 7. The van der Waals surface area contributed by atoms with E-state index in [0.717, 1.165) is 36.6 Å². The van der Waals surface area contributed by atoms with Gasteiger partial charge in [0.15, 0.2) is 5.16 Å². The van der Waals surface area contributed by atoms with Crippen LogP contribution in [0.2, 0.25) is 0 Å². The number of hydrogen-bond acceptors (Lipinski definition) is 5. The minimum atomic E-state index is -0.725. The molecule has 2 unspecified atom stereocenters. The highest BCUT2D eigenvalue weighted by Crippen LogP contribution is 2.39. The lowest BCUT2D eigenvalue weighted by molar-refractivity contribution is -0.146. The lowest BCUT2D eigenvalue weighted by Crippen LogP contribution is -2.54. The first-order valence-corrected chi connectivity index (χ1v) is 7.64. The minimum absolute atomic E-state index is 0.195. The standard InChI is InChI=1S/C12H20N4O2S/c1-2-14-12(10(17)18)6-3-4-9(12)5-7-19-11-13-8-15-16-11/h8-9,14H,2-7H2,1H3,(H,17,18)(H,13,15,16). The van der Waals surface area contributed by atoms with Crippen molar-refractivity contribution < 1.29 is 9.90 Å². The molecule has 106 valence electrons. The van der Waals surface area contributed by atoms with Crippen molar-refractivity contribution in [1.29, 1.82) is 0 Å². The van der Waals surface area contributed by atoms with Crippen LogP contribution in [0.5, 0.6) is 0 Å². The van der Waals surface area contributed by atoms with E-state index in [-0.39, 0.29) is 5.92 Å². The van der Waals surface area contributed by atoms with Gasteiger partial charge in [0.05, 0.1) is 0 Å². The number of nitrogens with one attached hydrogen (secondary N) is 2. The number of H-pyrrole nitrogens is 1. The van der Waals surface area contributed by atoms with Crippen LogP contribution in [0.15, 0.2) is 11.5 Å². The maximum absolute atomic E-state index is 11.6. The Morgan fingerprint density at radius 2 is 2.58 bits per heavy atom. The van der Waals surface area contributed by atoms with Crippen molar-refractivity contribution in [2.45, 2.75) is 43.3 Å². The minimum Gasteiger partial charge on any atom is -0.480 e. The molecule has 0 spiro atoms. The molecule has 7 heteroatoms. The van der Waals surface area contributed by atoms with Gasteiger partial charge in [-0.3, -0.25) is 9.89 Å². The zero-order valence-corrected chi connectivity index (χ0v) is 11.9. The first kappa shape index (κ1) is 14.3. The Labute approximate surface area is 116 Å². The van der Waals surface area contributed by atoms with Gasteiger partial charge in [0.2, 0.25) is 0 Å². The van der Waals surface area contributed by atoms with E-state index in [1.54, 1.807) is 11.8 Å². The van der Waals surface area contributed by atoms with Gasteiger partial charge in [-0.2, -0.15) is 5.10 Å². The fraction of sp³-hybridized carbons (Fsp3) is 0.750. The van der Waals surface area contributed by atoms with E-state index in [2.05, 4.69) is 20.5 Å². The Morgan fingerprint density at radius 3 is 3.21 bits per heavy atom. The van der Waals surface area contributed by atoms with Crippen LogP contribution in [0.1, 0.15) is 32.6 Å². The van der Waals surface area contributed by atoms with E-state index < -0.39 is 11.5 Å². The van der Waals surface area contributed by atoms with Crippen LogP contribution in [0.25, 0.3) is 0 Å². The van der Waals surface area contributed by atoms with Gasteiger partial charge in [0, 0.05) is 5.75 Å². The Kier molecular flexibility index (Phi) is 4.81. The van der Waals surface area contributed by atoms with Crippen LogP contribution in [0.4, 0.5) is 0 Å². The topological polar surface area (TPSA) is 90.9 Å². The second-order valence-electron chi connectivity index (χ2n) is 4.82. The molecule has 6 nitrogen and oxygen atoms in total. The lowest BCUT2D eigenvalue weighted by atomic mass is 9.85. The molecule has 1 heterocycles. The van der Waals surface area contributed by atoms with Crippen molar-refractivity contribution in [3.8, 4) is 0 Å². The number of nitrogens with zero attached hydrogens (tertiary/aromatic N) is 2. The zero-order chi connectivity index (χ0) is 13.7. The van der Waals surface area contributed by atoms with Crippen LogP contribution >= 0.6 is 11.8 Å². The molecule has 0 amide bonds. The fourth-order valence-corrected chi connectivity index (χ4v) is 3.77. The van der Waals surface area contributed by atoms with Gasteiger partial charge >= 0.3 is 5.97 Å². The van der Waals surface area contributed by atoms with Crippen LogP contribution in [-0.2, 0) is 4.79 Å². The summed E-state index contributed by atoms with van der Waals surface area (Å²) in [5.74, 6) is 0.349. The summed E-state index contributed by atoms with van der Waals surface area (Å²) in [7, 11) is 0. The Balaban J connectivity index is 1.92. The second-order valence-corrected chi connectivity index (χ2v) is 5.91. The number of hydrogen-bond donors (Lipinski definition) is 3. The molecule has 0 bridgehead atoms. The third kappa shape index (κ3) is 3.09. The van der Waals surface area contributed by atoms with Gasteiger partial charge < -0.3 is 10.4 Å². The van der Waals surface area contributed by atoms with E-state index in [1.165, 1.54) is 6.33 Å². The van der Waals surface area contributed by atoms with E-state index in [4.69, 9.17) is 0 Å². The molecule has 1 aliphatic carbocycles. The van der Waals surface area contributed by atoms with Crippen LogP contribution in [0, 0.1) is 5.92 Å². The molecular formula is C12H20N4O2S. The maximum atomic E-state index is 11.6. The molecule has 2 rings (SSSR count). The van der Waals surface area contributed by atoms with Crippen LogP contribution < -0.4 is 5.32 Å². The lowest BCUT2D eigenvalue weighted by Gasteiger charge is -2.32. The number of aliphatic carboxylic acids is 1. The number of aromatic nitrogens is 3. The number of carboxylic acids is 1. The number of thioether (sulfide) groups is 1. The second kappa shape index (κ2) is 6.38. The molecule has 1 saturated carbocycles. The number of likely N-dealkylation sites (N-methyl/N-ethyl adjacent to an activating group) is 1. The summed E-state index contributed by atoms with van der Waals surface area (Å²) in [6.07, 6.45) is 5.06. The van der Waals surface area contributed by atoms with Crippen molar-refractivity contribution >= 4 is 17.7 Å². The number of aromatic amines is 1. The van der Waals surface area contributed by atoms with Gasteiger partial charge in [0.25, 0.3) is 0 Å². The van der Waals surface area contributed by atoms with Crippen molar-refractivity contribution in [3.05, 3.63) is 6.33 Å². The summed E-state index contributed by atoms with van der Waals surface area (Å²) < 4.78 is 0. The fourth-order valence-electron chi connectivity index (χ4n) is 2.94. The Bertz CT molecular complexity index is 412. The summed E-state index contributed by atoms with van der Waals surface area (Å²) in [5, 5.41) is 20.1. The monoisotopic (exact) mass is 284 g/mol. The molecule has 0 aromatic carbocycles. The normalized spacial score (nSPS) is 26.7. The molecular weight excluding hydrogens is 264 g/mol. The summed E-state index contributed by atoms with van der Waals surface area (Å²) in [6, 6.07) is 0. The zero-order valence-electron chi connectivity index (χ0n) is 11.1. The summed E-state index contributed by atoms with van der Waals surface area (Å²) in [4.78, 5) is 15.7. The average molecular weight is 284 g/mol. The first-order valence-electron chi connectivity index (χ1n) is 6.65. The molecule has 0 aliphatic heterocycles. The van der Waals surface area contributed by atoms with E-state index in [1.807, 2.05) is 6.92 Å². The van der Waals surface area contributed by atoms with E-state index in [9.17, 15) is 9.90 Å². The average Bonchev–Trinajstić information content (AvgIpc) is 3.01. The molecule has 1 aromatic heterocycles. The quantitative estimate of drug-likeness (QED) is 0.658. The predicted molar refractivity (Wildman–Crippen MR) is 73.1 cm³/mol. The van der Waals surface area contributed by atoms with Gasteiger partial charge in [-0.1, -0.05) is 25.1 Å². The molecule has 1 fully saturated rings. The third-order valence-corrected chi connectivity index (χ3v) is 4.70. The van der Waals surface area contributed by atoms with Crippen molar-refractivity contribution in [3.63, 3.8) is 0 Å². The maximum Gasteiger partial charge on any atom is 0.324 e. The third-order valence-electron chi connectivity index (χ3n) is 3.79. The van der Waals surface area contributed by atoms with Gasteiger partial charge in [0.1, 0.15) is 11.9 Å². The van der Waals surface area contributed by atoms with Gasteiger partial charge in [-0.15, -0.1) is 0 Å².